The maximum Gasteiger partial charge on any atom is 0.417 e. The van der Waals surface area contributed by atoms with E-state index in [4.69, 9.17) is 9.47 Å². The van der Waals surface area contributed by atoms with Crippen LogP contribution in [-0.4, -0.2) is 85.7 Å². The van der Waals surface area contributed by atoms with E-state index >= 15 is 0 Å². The number of guanidine groups is 1. The Kier molecular flexibility index (Phi) is 9.59. The van der Waals surface area contributed by atoms with Crippen LogP contribution < -0.4 is 10.1 Å². The van der Waals surface area contributed by atoms with Crippen LogP contribution >= 0.6 is 24.0 Å². The standard InChI is InChI=1S/C19H26F3N5O3.HI/c1-23-18(24-6-12-30-16-5-4-14(13-25-16)19(20,21)22)27-9-7-26(8-10-27)17(28)15-3-2-11-29-15;/h4-5,13,15H,2-3,6-12H2,1H3,(H,23,24);1H. The van der Waals surface area contributed by atoms with Crippen LogP contribution in [0.4, 0.5) is 13.2 Å². The molecular weight excluding hydrogens is 530 g/mol. The summed E-state index contributed by atoms with van der Waals surface area (Å²) in [7, 11) is 1.67. The van der Waals surface area contributed by atoms with Crippen molar-refractivity contribution in [2.45, 2.75) is 25.1 Å². The van der Waals surface area contributed by atoms with Crippen LogP contribution in [0.25, 0.3) is 0 Å². The van der Waals surface area contributed by atoms with E-state index in [1.165, 1.54) is 6.07 Å². The molecule has 0 radical (unpaired) electrons. The Morgan fingerprint density at radius 1 is 1.29 bits per heavy atom. The van der Waals surface area contributed by atoms with Gasteiger partial charge in [-0.1, -0.05) is 0 Å². The minimum Gasteiger partial charge on any atom is -0.476 e. The Hall–Kier alpha value is -1.83. The number of pyridine rings is 1. The van der Waals surface area contributed by atoms with Crippen LogP contribution in [0.3, 0.4) is 0 Å². The summed E-state index contributed by atoms with van der Waals surface area (Å²) in [5, 5.41) is 3.16. The van der Waals surface area contributed by atoms with Gasteiger partial charge in [-0.15, -0.1) is 24.0 Å². The van der Waals surface area contributed by atoms with Crippen LogP contribution in [0.2, 0.25) is 0 Å². The van der Waals surface area contributed by atoms with Gasteiger partial charge in [-0.3, -0.25) is 9.79 Å². The molecule has 1 aromatic rings. The number of rotatable bonds is 5. The van der Waals surface area contributed by atoms with Crippen molar-refractivity contribution in [1.82, 2.24) is 20.1 Å². The molecule has 3 heterocycles. The van der Waals surface area contributed by atoms with Gasteiger partial charge >= 0.3 is 6.18 Å². The lowest BCUT2D eigenvalue weighted by atomic mass is 10.2. The van der Waals surface area contributed by atoms with Crippen LogP contribution in [0.1, 0.15) is 18.4 Å². The molecule has 0 bridgehead atoms. The van der Waals surface area contributed by atoms with Crippen LogP contribution in [0, 0.1) is 0 Å². The van der Waals surface area contributed by atoms with Gasteiger partial charge in [0.1, 0.15) is 12.7 Å². The van der Waals surface area contributed by atoms with E-state index in [1.807, 2.05) is 4.90 Å². The number of halogens is 4. The molecule has 1 atom stereocenters. The molecule has 12 heteroatoms. The zero-order valence-corrected chi connectivity index (χ0v) is 19.6. The summed E-state index contributed by atoms with van der Waals surface area (Å²) < 4.78 is 48.5. The predicted molar refractivity (Wildman–Crippen MR) is 119 cm³/mol. The Morgan fingerprint density at radius 2 is 2.00 bits per heavy atom. The second-order valence-electron chi connectivity index (χ2n) is 7.02. The highest BCUT2D eigenvalue weighted by Crippen LogP contribution is 2.29. The lowest BCUT2D eigenvalue weighted by Gasteiger charge is -2.37. The number of hydrogen-bond acceptors (Lipinski definition) is 5. The van der Waals surface area contributed by atoms with Crippen molar-refractivity contribution in [2.75, 3.05) is 53.0 Å². The molecule has 0 spiro atoms. The first-order chi connectivity index (χ1) is 14.4. The fraction of sp³-hybridized carbons (Fsp3) is 0.632. The highest BCUT2D eigenvalue weighted by atomic mass is 127. The Balaban J connectivity index is 0.00000341. The van der Waals surface area contributed by atoms with Crippen LogP contribution in [0.15, 0.2) is 23.3 Å². The summed E-state index contributed by atoms with van der Waals surface area (Å²) in [6.07, 6.45) is -2.25. The third kappa shape index (κ3) is 7.09. The minimum atomic E-state index is -4.42. The third-order valence-electron chi connectivity index (χ3n) is 5.01. The third-order valence-corrected chi connectivity index (χ3v) is 5.01. The van der Waals surface area contributed by atoms with Crippen molar-refractivity contribution >= 4 is 35.8 Å². The molecule has 3 rings (SSSR count). The smallest absolute Gasteiger partial charge is 0.417 e. The fourth-order valence-corrected chi connectivity index (χ4v) is 3.40. The van der Waals surface area contributed by atoms with E-state index in [0.717, 1.165) is 25.1 Å². The summed E-state index contributed by atoms with van der Waals surface area (Å²) in [4.78, 5) is 24.2. The molecule has 1 unspecified atom stereocenters. The van der Waals surface area contributed by atoms with Crippen LogP contribution in [0.5, 0.6) is 5.88 Å². The number of nitrogens with one attached hydrogen (secondary N) is 1. The van der Waals surface area contributed by atoms with E-state index in [2.05, 4.69) is 20.2 Å². The normalized spacial score (nSPS) is 19.7. The second kappa shape index (κ2) is 11.7. The fourth-order valence-electron chi connectivity index (χ4n) is 3.40. The molecule has 1 aromatic heterocycles. The number of carbonyl (C=O) groups is 1. The quantitative estimate of drug-likeness (QED) is 0.259. The first kappa shape index (κ1) is 25.4. The molecule has 2 aliphatic heterocycles. The molecule has 2 aliphatic rings. The lowest BCUT2D eigenvalue weighted by Crippen LogP contribution is -2.55. The van der Waals surface area contributed by atoms with Crippen molar-refractivity contribution in [3.63, 3.8) is 0 Å². The van der Waals surface area contributed by atoms with E-state index < -0.39 is 11.7 Å². The van der Waals surface area contributed by atoms with Crippen molar-refractivity contribution in [1.29, 1.82) is 0 Å². The summed E-state index contributed by atoms with van der Waals surface area (Å²) in [5.41, 5.74) is -0.814. The maximum atomic E-state index is 12.5. The van der Waals surface area contributed by atoms with Crippen molar-refractivity contribution in [2.24, 2.45) is 4.99 Å². The number of nitrogens with zero attached hydrogens (tertiary/aromatic N) is 4. The molecule has 174 valence electrons. The monoisotopic (exact) mass is 557 g/mol. The molecule has 0 aliphatic carbocycles. The summed E-state index contributed by atoms with van der Waals surface area (Å²) >= 11 is 0. The zero-order chi connectivity index (χ0) is 21.6. The average Bonchev–Trinajstić information content (AvgIpc) is 3.28. The molecule has 2 fully saturated rings. The van der Waals surface area contributed by atoms with Gasteiger partial charge < -0.3 is 24.6 Å². The van der Waals surface area contributed by atoms with E-state index in [-0.39, 0.29) is 48.5 Å². The van der Waals surface area contributed by atoms with Crippen LogP contribution in [-0.2, 0) is 15.7 Å². The number of hydrogen-bond donors (Lipinski definition) is 1. The van der Waals surface area contributed by atoms with Crippen molar-refractivity contribution in [3.05, 3.63) is 23.9 Å². The highest BCUT2D eigenvalue weighted by Gasteiger charge is 2.31. The maximum absolute atomic E-state index is 12.5. The van der Waals surface area contributed by atoms with E-state index in [0.29, 0.717) is 45.3 Å². The number of carbonyl (C=O) groups excluding carboxylic acids is 1. The average molecular weight is 557 g/mol. The number of aliphatic imine (C=N–C) groups is 1. The number of piperazine rings is 1. The molecule has 1 amide bonds. The molecule has 8 nitrogen and oxygen atoms in total. The van der Waals surface area contributed by atoms with E-state index in [9.17, 15) is 18.0 Å². The first-order valence-corrected chi connectivity index (χ1v) is 9.90. The summed E-state index contributed by atoms with van der Waals surface area (Å²) in [5.74, 6) is 0.872. The topological polar surface area (TPSA) is 79.3 Å². The van der Waals surface area contributed by atoms with Crippen molar-refractivity contribution < 1.29 is 27.4 Å². The Labute approximate surface area is 196 Å². The number of amides is 1. The molecule has 31 heavy (non-hydrogen) atoms. The van der Waals surface area contributed by atoms with Gasteiger partial charge in [-0.05, 0) is 18.9 Å². The van der Waals surface area contributed by atoms with Gasteiger partial charge in [-0.25, -0.2) is 4.98 Å². The van der Waals surface area contributed by atoms with Gasteiger partial charge in [0.15, 0.2) is 5.96 Å². The predicted octanol–water partition coefficient (Wildman–Crippen LogP) is 2.00. The van der Waals surface area contributed by atoms with E-state index in [1.54, 1.807) is 7.05 Å². The molecule has 0 aromatic carbocycles. The van der Waals surface area contributed by atoms with Crippen molar-refractivity contribution in [3.8, 4) is 5.88 Å². The Bertz CT molecular complexity index is 734. The van der Waals surface area contributed by atoms with Gasteiger partial charge in [0.2, 0.25) is 5.88 Å². The Morgan fingerprint density at radius 3 is 2.55 bits per heavy atom. The first-order valence-electron chi connectivity index (χ1n) is 9.90. The molecule has 0 saturated carbocycles. The zero-order valence-electron chi connectivity index (χ0n) is 17.2. The molecule has 2 saturated heterocycles. The second-order valence-corrected chi connectivity index (χ2v) is 7.02. The molecule has 1 N–H and O–H groups in total. The highest BCUT2D eigenvalue weighted by molar-refractivity contribution is 14.0. The largest absolute Gasteiger partial charge is 0.476 e. The van der Waals surface area contributed by atoms with Gasteiger partial charge in [0.05, 0.1) is 12.1 Å². The van der Waals surface area contributed by atoms with Gasteiger partial charge in [-0.2, -0.15) is 13.2 Å². The number of ether oxygens (including phenoxy) is 2. The van der Waals surface area contributed by atoms with Gasteiger partial charge in [0.25, 0.3) is 5.91 Å². The number of alkyl halides is 3. The summed E-state index contributed by atoms with van der Waals surface area (Å²) in [6.45, 7) is 3.78. The molecular formula is C19H27F3IN5O3. The van der Waals surface area contributed by atoms with Gasteiger partial charge in [0, 0.05) is 52.1 Å². The number of aromatic nitrogens is 1. The minimum absolute atomic E-state index is 0. The lowest BCUT2D eigenvalue weighted by molar-refractivity contribution is -0.142. The summed E-state index contributed by atoms with van der Waals surface area (Å²) in [6, 6.07) is 2.13. The SMILES string of the molecule is CN=C(NCCOc1ccc(C(F)(F)F)cn1)N1CCN(C(=O)C2CCCO2)CC1.I.